The molecule has 0 amide bonds. The largest absolute Gasteiger partial charge is 0.415 e. The number of benzene rings is 2. The number of anilines is 1. The number of hydrogen-bond acceptors (Lipinski definition) is 4. The van der Waals surface area contributed by atoms with Gasteiger partial charge in [-0.2, -0.15) is 0 Å². The van der Waals surface area contributed by atoms with Crippen molar-refractivity contribution in [1.82, 2.24) is 10.2 Å². The highest BCUT2D eigenvalue weighted by Crippen LogP contribution is 2.25. The summed E-state index contributed by atoms with van der Waals surface area (Å²) in [6.45, 7) is 6.00. The third-order valence-corrected chi connectivity index (χ3v) is 5.65. The van der Waals surface area contributed by atoms with Gasteiger partial charge in [-0.15, -0.1) is 10.2 Å². The topological polar surface area (TPSA) is 46.6 Å². The second kappa shape index (κ2) is 7.89. The molecular weight excluding hydrogens is 383 g/mol. The number of quaternary nitrogens is 1. The highest BCUT2D eigenvalue weighted by atomic mass is 35.5. The molecule has 4 rings (SSSR count). The maximum Gasteiger partial charge on any atom is 0.274 e. The molecule has 1 fully saturated rings. The molecule has 1 saturated heterocycles. The summed E-state index contributed by atoms with van der Waals surface area (Å²) >= 11 is 12.4. The molecule has 5 nitrogen and oxygen atoms in total. The van der Waals surface area contributed by atoms with E-state index in [4.69, 9.17) is 27.6 Å². The van der Waals surface area contributed by atoms with Crippen LogP contribution in [0.1, 0.15) is 18.9 Å². The quantitative estimate of drug-likeness (QED) is 0.723. The third-order valence-electron chi connectivity index (χ3n) is 5.09. The minimum atomic E-state index is 0.138. The summed E-state index contributed by atoms with van der Waals surface area (Å²) < 4.78 is 5.93. The molecule has 27 heavy (non-hydrogen) atoms. The van der Waals surface area contributed by atoms with Crippen molar-refractivity contribution in [3.63, 3.8) is 0 Å². The van der Waals surface area contributed by atoms with Crippen molar-refractivity contribution in [2.45, 2.75) is 13.0 Å². The van der Waals surface area contributed by atoms with E-state index in [1.165, 1.54) is 4.90 Å². The van der Waals surface area contributed by atoms with Gasteiger partial charge in [0.25, 0.3) is 5.89 Å². The van der Waals surface area contributed by atoms with E-state index < -0.39 is 0 Å². The van der Waals surface area contributed by atoms with Gasteiger partial charge in [0.2, 0.25) is 5.89 Å². The summed E-state index contributed by atoms with van der Waals surface area (Å²) in [5, 5.41) is 9.93. The average Bonchev–Trinajstić information content (AvgIpc) is 3.18. The minimum absolute atomic E-state index is 0.138. The number of nitrogens with one attached hydrogen (secondary N) is 1. The number of rotatable bonds is 4. The molecule has 0 spiro atoms. The minimum Gasteiger partial charge on any atom is -0.415 e. The first-order valence-electron chi connectivity index (χ1n) is 9.05. The Hall–Kier alpha value is -2.08. The van der Waals surface area contributed by atoms with E-state index in [0.29, 0.717) is 16.8 Å². The van der Waals surface area contributed by atoms with Crippen molar-refractivity contribution < 1.29 is 9.32 Å². The van der Waals surface area contributed by atoms with Gasteiger partial charge in [-0.05, 0) is 37.3 Å². The Morgan fingerprint density at radius 1 is 1.04 bits per heavy atom. The molecule has 1 aliphatic heterocycles. The second-order valence-corrected chi connectivity index (χ2v) is 7.62. The van der Waals surface area contributed by atoms with Crippen LogP contribution >= 0.6 is 23.2 Å². The molecule has 1 N–H and O–H groups in total. The number of aromatic nitrogens is 2. The van der Waals surface area contributed by atoms with Gasteiger partial charge in [0.05, 0.1) is 36.9 Å². The van der Waals surface area contributed by atoms with E-state index in [1.807, 2.05) is 42.5 Å². The number of halogens is 2. The normalized spacial score (nSPS) is 16.5. The Morgan fingerprint density at radius 2 is 1.81 bits per heavy atom. The zero-order valence-corrected chi connectivity index (χ0v) is 16.5. The first-order chi connectivity index (χ1) is 13.1. The Balaban J connectivity index is 1.43. The van der Waals surface area contributed by atoms with Crippen molar-refractivity contribution in [3.8, 4) is 11.5 Å². The lowest BCUT2D eigenvalue weighted by Gasteiger charge is -2.35. The molecule has 2 aromatic carbocycles. The lowest BCUT2D eigenvalue weighted by molar-refractivity contribution is -0.931. The van der Waals surface area contributed by atoms with Crippen LogP contribution in [-0.4, -0.2) is 36.4 Å². The van der Waals surface area contributed by atoms with Gasteiger partial charge >= 0.3 is 0 Å². The smallest absolute Gasteiger partial charge is 0.274 e. The summed E-state index contributed by atoms with van der Waals surface area (Å²) in [6, 6.07) is 15.6. The molecular formula is C20H21Cl2N4O+. The van der Waals surface area contributed by atoms with Crippen molar-refractivity contribution in [1.29, 1.82) is 0 Å². The molecule has 1 aliphatic rings. The van der Waals surface area contributed by atoms with Crippen molar-refractivity contribution in [2.24, 2.45) is 0 Å². The molecule has 1 atom stereocenters. The van der Waals surface area contributed by atoms with Crippen molar-refractivity contribution in [3.05, 3.63) is 64.5 Å². The number of piperazine rings is 1. The fraction of sp³-hybridized carbons (Fsp3) is 0.300. The zero-order chi connectivity index (χ0) is 18.8. The van der Waals surface area contributed by atoms with E-state index >= 15 is 0 Å². The summed E-state index contributed by atoms with van der Waals surface area (Å²) in [6.07, 6.45) is 0. The molecule has 1 aromatic heterocycles. The Bertz CT molecular complexity index is 922. The number of nitrogens with zero attached hydrogens (tertiary/aromatic N) is 3. The van der Waals surface area contributed by atoms with Gasteiger partial charge in [-0.25, -0.2) is 0 Å². The van der Waals surface area contributed by atoms with E-state index in [9.17, 15) is 0 Å². The standard InChI is InChI=1S/C20H20Cl2N4O/c1-14(19-23-24-20(27-19)15-5-4-6-16(21)13-15)25-9-11-26(12-10-25)18-8-3-2-7-17(18)22/h2-8,13-14H,9-12H2,1H3/p+1/t14-/m1/s1. The maximum absolute atomic E-state index is 6.33. The van der Waals surface area contributed by atoms with Crippen LogP contribution in [0.2, 0.25) is 10.0 Å². The molecule has 0 unspecified atom stereocenters. The Labute approximate surface area is 168 Å². The molecule has 0 saturated carbocycles. The molecule has 7 heteroatoms. The highest BCUT2D eigenvalue weighted by molar-refractivity contribution is 6.33. The summed E-state index contributed by atoms with van der Waals surface area (Å²) in [4.78, 5) is 3.77. The van der Waals surface area contributed by atoms with Gasteiger partial charge in [-0.3, -0.25) is 0 Å². The Kier molecular flexibility index (Phi) is 5.34. The fourth-order valence-electron chi connectivity index (χ4n) is 3.50. The third kappa shape index (κ3) is 3.95. The van der Waals surface area contributed by atoms with Gasteiger partial charge in [-0.1, -0.05) is 41.4 Å². The summed E-state index contributed by atoms with van der Waals surface area (Å²) in [5.41, 5.74) is 1.94. The number of para-hydroxylation sites is 1. The van der Waals surface area contributed by atoms with Crippen molar-refractivity contribution in [2.75, 3.05) is 31.1 Å². The molecule has 2 heterocycles. The van der Waals surface area contributed by atoms with Crippen LogP contribution in [0.15, 0.2) is 52.9 Å². The van der Waals surface area contributed by atoms with E-state index in [0.717, 1.165) is 42.5 Å². The monoisotopic (exact) mass is 403 g/mol. The predicted molar refractivity (Wildman–Crippen MR) is 108 cm³/mol. The first kappa shape index (κ1) is 18.3. The van der Waals surface area contributed by atoms with E-state index in [-0.39, 0.29) is 6.04 Å². The van der Waals surface area contributed by atoms with Crippen LogP contribution in [0.25, 0.3) is 11.5 Å². The zero-order valence-electron chi connectivity index (χ0n) is 15.0. The molecule has 0 radical (unpaired) electrons. The first-order valence-corrected chi connectivity index (χ1v) is 9.81. The maximum atomic E-state index is 6.33. The van der Waals surface area contributed by atoms with Crippen LogP contribution in [0.5, 0.6) is 0 Å². The van der Waals surface area contributed by atoms with Gasteiger partial charge in [0.15, 0.2) is 6.04 Å². The van der Waals surface area contributed by atoms with E-state index in [2.05, 4.69) is 28.1 Å². The van der Waals surface area contributed by atoms with Gasteiger partial charge in [0, 0.05) is 10.6 Å². The second-order valence-electron chi connectivity index (χ2n) is 6.77. The fourth-order valence-corrected chi connectivity index (χ4v) is 3.94. The molecule has 140 valence electrons. The van der Waals surface area contributed by atoms with Crippen LogP contribution < -0.4 is 9.80 Å². The van der Waals surface area contributed by atoms with Gasteiger partial charge in [0.1, 0.15) is 0 Å². The van der Waals surface area contributed by atoms with Crippen molar-refractivity contribution >= 4 is 28.9 Å². The summed E-state index contributed by atoms with van der Waals surface area (Å²) in [5.74, 6) is 1.17. The van der Waals surface area contributed by atoms with Crippen LogP contribution in [-0.2, 0) is 0 Å². The summed E-state index contributed by atoms with van der Waals surface area (Å²) in [7, 11) is 0. The molecule has 0 aliphatic carbocycles. The van der Waals surface area contributed by atoms with Crippen LogP contribution in [0.3, 0.4) is 0 Å². The highest BCUT2D eigenvalue weighted by Gasteiger charge is 2.29. The SMILES string of the molecule is C[C@H](c1nnc(-c2cccc(Cl)c2)o1)[NH+]1CCN(c2ccccc2Cl)CC1. The predicted octanol–water partition coefficient (Wildman–Crippen LogP) is 3.51. The lowest BCUT2D eigenvalue weighted by atomic mass is 10.2. The van der Waals surface area contributed by atoms with E-state index in [1.54, 1.807) is 0 Å². The number of hydrogen-bond donors (Lipinski definition) is 1. The Morgan fingerprint density at radius 3 is 2.56 bits per heavy atom. The van der Waals surface area contributed by atoms with Crippen LogP contribution in [0, 0.1) is 0 Å². The molecule has 0 bridgehead atoms. The average molecular weight is 404 g/mol. The van der Waals surface area contributed by atoms with Gasteiger partial charge < -0.3 is 14.2 Å². The molecule has 3 aromatic rings. The van der Waals surface area contributed by atoms with Crippen LogP contribution in [0.4, 0.5) is 5.69 Å². The lowest BCUT2D eigenvalue weighted by Crippen LogP contribution is -3.14.